The molecule has 3 N–H and O–H groups in total. The molecule has 1 heterocycles. The Morgan fingerprint density at radius 3 is 2.79 bits per heavy atom. The van der Waals surface area contributed by atoms with Crippen molar-refractivity contribution in [3.05, 3.63) is 22.7 Å². The molecule has 0 unspecified atom stereocenters. The summed E-state index contributed by atoms with van der Waals surface area (Å²) in [5.41, 5.74) is 6.56. The van der Waals surface area contributed by atoms with Gasteiger partial charge in [0.05, 0.1) is 11.4 Å². The largest absolute Gasteiger partial charge is 0.329 e. The van der Waals surface area contributed by atoms with Gasteiger partial charge in [-0.1, -0.05) is 11.6 Å². The third kappa shape index (κ3) is 2.59. The lowest BCUT2D eigenvalue weighted by molar-refractivity contribution is -0.115. The maximum Gasteiger partial charge on any atom is 0.244 e. The molecule has 0 aliphatic carbocycles. The third-order valence-corrected chi connectivity index (χ3v) is 5.24. The predicted octanol–water partition coefficient (Wildman–Crippen LogP) is 0.414. The molecule has 0 saturated heterocycles. The summed E-state index contributed by atoms with van der Waals surface area (Å²) >= 11 is 6.00. The molecule has 8 heteroatoms. The zero-order chi connectivity index (χ0) is 14.2. The summed E-state index contributed by atoms with van der Waals surface area (Å²) in [6, 6.07) is 2.91. The first-order valence-corrected chi connectivity index (χ1v) is 7.46. The van der Waals surface area contributed by atoms with Gasteiger partial charge in [-0.3, -0.25) is 4.79 Å². The second-order valence-electron chi connectivity index (χ2n) is 4.28. The van der Waals surface area contributed by atoms with Crippen LogP contribution in [0.3, 0.4) is 0 Å². The number of hydrogen-bond acceptors (Lipinski definition) is 4. The van der Waals surface area contributed by atoms with E-state index in [0.717, 1.165) is 4.31 Å². The van der Waals surface area contributed by atoms with Gasteiger partial charge in [0.15, 0.2) is 0 Å². The van der Waals surface area contributed by atoms with Crippen molar-refractivity contribution in [3.63, 3.8) is 0 Å². The molecule has 0 saturated carbocycles. The molecule has 0 spiro atoms. The number of anilines is 1. The fourth-order valence-corrected chi connectivity index (χ4v) is 3.63. The van der Waals surface area contributed by atoms with Gasteiger partial charge in [0, 0.05) is 25.8 Å². The molecule has 0 bridgehead atoms. The van der Waals surface area contributed by atoms with Gasteiger partial charge in [-0.25, -0.2) is 8.42 Å². The van der Waals surface area contributed by atoms with E-state index >= 15 is 0 Å². The number of likely N-dealkylation sites (N-methyl/N-ethyl adjacent to an activating group) is 1. The Morgan fingerprint density at radius 1 is 1.47 bits per heavy atom. The van der Waals surface area contributed by atoms with Crippen LogP contribution in [0.1, 0.15) is 5.56 Å². The summed E-state index contributed by atoms with van der Waals surface area (Å²) in [5.74, 6) is -0.170. The normalized spacial score (nSPS) is 14.6. The van der Waals surface area contributed by atoms with Gasteiger partial charge in [0.2, 0.25) is 15.9 Å². The predicted molar refractivity (Wildman–Crippen MR) is 72.7 cm³/mol. The molecular formula is C11H14ClN3O3S. The maximum absolute atomic E-state index is 12.3. The van der Waals surface area contributed by atoms with Gasteiger partial charge in [-0.2, -0.15) is 4.31 Å². The number of benzene rings is 1. The Morgan fingerprint density at radius 2 is 2.16 bits per heavy atom. The summed E-state index contributed by atoms with van der Waals surface area (Å²) in [4.78, 5) is 11.3. The summed E-state index contributed by atoms with van der Waals surface area (Å²) in [5, 5.41) is 2.71. The van der Waals surface area contributed by atoms with Crippen molar-refractivity contribution in [1.82, 2.24) is 4.31 Å². The highest BCUT2D eigenvalue weighted by atomic mass is 35.5. The highest BCUT2D eigenvalue weighted by molar-refractivity contribution is 7.89. The Kier molecular flexibility index (Phi) is 3.82. The van der Waals surface area contributed by atoms with Crippen molar-refractivity contribution in [2.75, 3.05) is 25.5 Å². The molecule has 19 heavy (non-hydrogen) atoms. The van der Waals surface area contributed by atoms with E-state index in [4.69, 9.17) is 17.3 Å². The average molecular weight is 304 g/mol. The lowest BCUT2D eigenvalue weighted by Gasteiger charge is -2.17. The number of nitrogens with zero attached hydrogens (tertiary/aromatic N) is 1. The monoisotopic (exact) mass is 303 g/mol. The number of rotatable bonds is 4. The fraction of sp³-hybridized carbons (Fsp3) is 0.364. The lowest BCUT2D eigenvalue weighted by Crippen LogP contribution is -2.32. The number of halogens is 1. The molecule has 1 aliphatic rings. The van der Waals surface area contributed by atoms with Gasteiger partial charge < -0.3 is 11.1 Å². The van der Waals surface area contributed by atoms with E-state index in [2.05, 4.69) is 5.32 Å². The Hall–Kier alpha value is -1.15. The van der Waals surface area contributed by atoms with Crippen molar-refractivity contribution in [2.45, 2.75) is 11.3 Å². The van der Waals surface area contributed by atoms with Crippen LogP contribution in [0.2, 0.25) is 5.02 Å². The van der Waals surface area contributed by atoms with E-state index < -0.39 is 10.0 Å². The summed E-state index contributed by atoms with van der Waals surface area (Å²) in [6.45, 7) is 0.422. The number of nitrogens with two attached hydrogens (primary N) is 1. The number of hydrogen-bond donors (Lipinski definition) is 2. The van der Waals surface area contributed by atoms with Gasteiger partial charge in [-0.05, 0) is 17.7 Å². The van der Waals surface area contributed by atoms with Crippen molar-refractivity contribution in [2.24, 2.45) is 5.73 Å². The Balaban J connectivity index is 2.47. The molecule has 1 amide bonds. The molecule has 104 valence electrons. The van der Waals surface area contributed by atoms with Crippen LogP contribution in [0, 0.1) is 0 Å². The van der Waals surface area contributed by atoms with Crippen molar-refractivity contribution in [1.29, 1.82) is 0 Å². The van der Waals surface area contributed by atoms with Crippen LogP contribution in [0.25, 0.3) is 0 Å². The first kappa shape index (κ1) is 14.3. The van der Waals surface area contributed by atoms with Gasteiger partial charge >= 0.3 is 0 Å². The summed E-state index contributed by atoms with van der Waals surface area (Å²) in [6.07, 6.45) is 0.162. The SMILES string of the molecule is CN(CCN)S(=O)(=O)c1cc2c(cc1Cl)NC(=O)C2. The average Bonchev–Trinajstić information content (AvgIpc) is 2.67. The van der Waals surface area contributed by atoms with Crippen LogP contribution in [-0.2, 0) is 21.2 Å². The van der Waals surface area contributed by atoms with Gasteiger partial charge in [0.1, 0.15) is 4.90 Å². The van der Waals surface area contributed by atoms with Crippen LogP contribution in [-0.4, -0.2) is 38.8 Å². The molecule has 0 radical (unpaired) electrons. The van der Waals surface area contributed by atoms with Crippen LogP contribution in [0.5, 0.6) is 0 Å². The van der Waals surface area contributed by atoms with Gasteiger partial charge in [-0.15, -0.1) is 0 Å². The molecule has 1 aromatic carbocycles. The minimum Gasteiger partial charge on any atom is -0.329 e. The fourth-order valence-electron chi connectivity index (χ4n) is 1.89. The summed E-state index contributed by atoms with van der Waals surface area (Å²) in [7, 11) is -2.25. The summed E-state index contributed by atoms with van der Waals surface area (Å²) < 4.78 is 25.8. The number of nitrogens with one attached hydrogen (secondary N) is 1. The molecule has 1 aliphatic heterocycles. The minimum atomic E-state index is -3.69. The van der Waals surface area contributed by atoms with Crippen molar-refractivity contribution >= 4 is 33.2 Å². The van der Waals surface area contributed by atoms with Crippen LogP contribution in [0.4, 0.5) is 5.69 Å². The Labute approximate surface area is 116 Å². The molecule has 6 nitrogen and oxygen atoms in total. The van der Waals surface area contributed by atoms with Gasteiger partial charge in [0.25, 0.3) is 0 Å². The highest BCUT2D eigenvalue weighted by Crippen LogP contribution is 2.33. The number of fused-ring (bicyclic) bond motifs is 1. The second-order valence-corrected chi connectivity index (χ2v) is 6.70. The van der Waals surface area contributed by atoms with Crippen LogP contribution >= 0.6 is 11.6 Å². The smallest absolute Gasteiger partial charge is 0.244 e. The first-order chi connectivity index (χ1) is 8.86. The Bertz CT molecular complexity index is 630. The quantitative estimate of drug-likeness (QED) is 0.843. The third-order valence-electron chi connectivity index (χ3n) is 2.92. The van der Waals surface area contributed by atoms with Crippen molar-refractivity contribution in [3.8, 4) is 0 Å². The molecule has 0 atom stereocenters. The zero-order valence-corrected chi connectivity index (χ0v) is 11.9. The van der Waals surface area contributed by atoms with E-state index in [0.29, 0.717) is 11.3 Å². The number of carbonyl (C=O) groups excluding carboxylic acids is 1. The molecular weight excluding hydrogens is 290 g/mol. The highest BCUT2D eigenvalue weighted by Gasteiger charge is 2.27. The van der Waals surface area contributed by atoms with Crippen LogP contribution < -0.4 is 11.1 Å². The molecule has 2 rings (SSSR count). The van der Waals surface area contributed by atoms with E-state index in [1.165, 1.54) is 19.2 Å². The molecule has 1 aromatic rings. The van der Waals surface area contributed by atoms with Crippen LogP contribution in [0.15, 0.2) is 17.0 Å². The van der Waals surface area contributed by atoms with E-state index in [1.807, 2.05) is 0 Å². The van der Waals surface area contributed by atoms with E-state index in [-0.39, 0.29) is 35.3 Å². The molecule has 0 aromatic heterocycles. The second kappa shape index (κ2) is 5.09. The minimum absolute atomic E-state index is 0.000340. The first-order valence-electron chi connectivity index (χ1n) is 5.65. The number of sulfonamides is 1. The standard InChI is InChI=1S/C11H14ClN3O3S/c1-15(3-2-13)19(17,18)10-4-7-5-11(16)14-9(7)6-8(10)12/h4,6H,2-3,5,13H2,1H3,(H,14,16). The number of amides is 1. The molecule has 0 fully saturated rings. The topological polar surface area (TPSA) is 92.5 Å². The maximum atomic E-state index is 12.3. The van der Waals surface area contributed by atoms with E-state index in [1.54, 1.807) is 0 Å². The van der Waals surface area contributed by atoms with E-state index in [9.17, 15) is 13.2 Å². The zero-order valence-electron chi connectivity index (χ0n) is 10.3. The van der Waals surface area contributed by atoms with Crippen molar-refractivity contribution < 1.29 is 13.2 Å². The number of carbonyl (C=O) groups is 1. The lowest BCUT2D eigenvalue weighted by atomic mass is 10.2.